The predicted octanol–water partition coefficient (Wildman–Crippen LogP) is 0.961. The van der Waals surface area contributed by atoms with Crippen LogP contribution in [0.1, 0.15) is 6.92 Å². The van der Waals surface area contributed by atoms with Crippen molar-refractivity contribution in [2.45, 2.75) is 13.0 Å². The second kappa shape index (κ2) is 6.00. The molecule has 0 radical (unpaired) electrons. The molecule has 9 heavy (non-hydrogen) atoms. The first-order chi connectivity index (χ1) is 4.31. The summed E-state index contributed by atoms with van der Waals surface area (Å²) in [5, 5.41) is 3.18. The molecule has 0 spiro atoms. The van der Waals surface area contributed by atoms with E-state index in [1.165, 1.54) is 0 Å². The second-order valence-corrected chi connectivity index (χ2v) is 2.82. The molecule has 1 unspecified atom stereocenters. The lowest BCUT2D eigenvalue weighted by molar-refractivity contribution is 0.681. The van der Waals surface area contributed by atoms with E-state index in [0.717, 1.165) is 12.3 Å². The number of thioether (sulfide) groups is 1. The Morgan fingerprint density at radius 3 is 2.89 bits per heavy atom. The molecule has 0 aromatic heterocycles. The Hall–Kier alpha value is -0.130. The molecule has 0 saturated carbocycles. The Morgan fingerprint density at radius 1 is 1.78 bits per heavy atom. The number of nitrogens with one attached hydrogen (secondary N) is 1. The van der Waals surface area contributed by atoms with Gasteiger partial charge >= 0.3 is 0 Å². The fraction of sp³-hybridized carbons (Fsp3) is 0.714. The summed E-state index contributed by atoms with van der Waals surface area (Å²) in [6, 6.07) is 0.220. The van der Waals surface area contributed by atoms with E-state index in [4.69, 9.17) is 6.42 Å². The van der Waals surface area contributed by atoms with Crippen molar-refractivity contribution in [1.82, 2.24) is 5.32 Å². The second-order valence-electron chi connectivity index (χ2n) is 1.84. The maximum atomic E-state index is 5.13. The monoisotopic (exact) mass is 143 g/mol. The SMILES string of the molecule is C#CC(C)NCCSC. The first kappa shape index (κ1) is 8.87. The first-order valence-corrected chi connectivity index (χ1v) is 4.39. The maximum absolute atomic E-state index is 5.13. The largest absolute Gasteiger partial charge is 0.303 e. The van der Waals surface area contributed by atoms with Crippen LogP contribution in [-0.2, 0) is 0 Å². The highest BCUT2D eigenvalue weighted by Crippen LogP contribution is 1.87. The average molecular weight is 143 g/mol. The van der Waals surface area contributed by atoms with Crippen molar-refractivity contribution in [3.05, 3.63) is 0 Å². The van der Waals surface area contributed by atoms with Gasteiger partial charge < -0.3 is 5.32 Å². The lowest BCUT2D eigenvalue weighted by Gasteiger charge is -2.04. The zero-order valence-electron chi connectivity index (χ0n) is 5.98. The summed E-state index contributed by atoms with van der Waals surface area (Å²) in [4.78, 5) is 0. The molecule has 1 N–H and O–H groups in total. The third kappa shape index (κ3) is 5.75. The van der Waals surface area contributed by atoms with Crippen LogP contribution in [0, 0.1) is 12.3 Å². The van der Waals surface area contributed by atoms with Crippen molar-refractivity contribution in [3.63, 3.8) is 0 Å². The van der Waals surface area contributed by atoms with Crippen molar-refractivity contribution in [3.8, 4) is 12.3 Å². The molecule has 0 heterocycles. The van der Waals surface area contributed by atoms with Gasteiger partial charge in [-0.25, -0.2) is 0 Å². The van der Waals surface area contributed by atoms with E-state index in [2.05, 4.69) is 17.5 Å². The van der Waals surface area contributed by atoms with E-state index in [9.17, 15) is 0 Å². The van der Waals surface area contributed by atoms with Crippen LogP contribution >= 0.6 is 11.8 Å². The minimum absolute atomic E-state index is 0.220. The standard InChI is InChI=1S/C7H13NS/c1-4-7(2)8-5-6-9-3/h1,7-8H,5-6H2,2-3H3. The zero-order chi connectivity index (χ0) is 7.11. The van der Waals surface area contributed by atoms with Crippen LogP contribution in [0.25, 0.3) is 0 Å². The molecule has 1 nitrogen and oxygen atoms in total. The molecular formula is C7H13NS. The number of hydrogen-bond acceptors (Lipinski definition) is 2. The predicted molar refractivity (Wildman–Crippen MR) is 44.7 cm³/mol. The fourth-order valence-electron chi connectivity index (χ4n) is 0.436. The Morgan fingerprint density at radius 2 is 2.44 bits per heavy atom. The third-order valence-corrected chi connectivity index (χ3v) is 1.62. The van der Waals surface area contributed by atoms with Gasteiger partial charge in [0.25, 0.3) is 0 Å². The summed E-state index contributed by atoms with van der Waals surface area (Å²) in [6.45, 7) is 2.99. The van der Waals surface area contributed by atoms with Crippen LogP contribution in [0.2, 0.25) is 0 Å². The molecule has 0 aliphatic rings. The molecule has 2 heteroatoms. The van der Waals surface area contributed by atoms with Crippen LogP contribution in [-0.4, -0.2) is 24.6 Å². The Bertz CT molecular complexity index is 95.6. The Labute approximate surface area is 61.6 Å². The van der Waals surface area contributed by atoms with E-state index < -0.39 is 0 Å². The van der Waals surface area contributed by atoms with Gasteiger partial charge in [-0.1, -0.05) is 5.92 Å². The quantitative estimate of drug-likeness (QED) is 0.465. The summed E-state index contributed by atoms with van der Waals surface area (Å²) in [6.07, 6.45) is 7.22. The smallest absolute Gasteiger partial charge is 0.0658 e. The van der Waals surface area contributed by atoms with E-state index in [-0.39, 0.29) is 6.04 Å². The molecule has 0 fully saturated rings. The molecule has 0 amide bonds. The molecule has 0 saturated heterocycles. The van der Waals surface area contributed by atoms with Crippen molar-refractivity contribution in [2.75, 3.05) is 18.6 Å². The lowest BCUT2D eigenvalue weighted by Crippen LogP contribution is -2.26. The van der Waals surface area contributed by atoms with Crippen LogP contribution in [0.3, 0.4) is 0 Å². The molecule has 1 atom stereocenters. The van der Waals surface area contributed by atoms with E-state index in [1.807, 2.05) is 18.7 Å². The minimum atomic E-state index is 0.220. The molecule has 0 aromatic rings. The van der Waals surface area contributed by atoms with Crippen molar-refractivity contribution in [2.24, 2.45) is 0 Å². The normalized spacial score (nSPS) is 12.6. The molecular weight excluding hydrogens is 130 g/mol. The third-order valence-electron chi connectivity index (χ3n) is 1.01. The summed E-state index contributed by atoms with van der Waals surface area (Å²) >= 11 is 1.82. The highest BCUT2D eigenvalue weighted by molar-refractivity contribution is 7.98. The highest BCUT2D eigenvalue weighted by Gasteiger charge is 1.91. The van der Waals surface area contributed by atoms with Crippen LogP contribution in [0.5, 0.6) is 0 Å². The molecule has 0 aliphatic heterocycles. The van der Waals surface area contributed by atoms with E-state index in [1.54, 1.807) is 0 Å². The minimum Gasteiger partial charge on any atom is -0.303 e. The summed E-state index contributed by atoms with van der Waals surface area (Å²) in [5.41, 5.74) is 0. The maximum Gasteiger partial charge on any atom is 0.0658 e. The molecule has 0 rings (SSSR count). The molecule has 0 aliphatic carbocycles. The van der Waals surface area contributed by atoms with Gasteiger partial charge in [-0.15, -0.1) is 6.42 Å². The number of terminal acetylenes is 1. The zero-order valence-corrected chi connectivity index (χ0v) is 6.79. The van der Waals surface area contributed by atoms with Crippen molar-refractivity contribution in [1.29, 1.82) is 0 Å². The molecule has 0 bridgehead atoms. The highest BCUT2D eigenvalue weighted by atomic mass is 32.2. The fourth-order valence-corrected chi connectivity index (χ4v) is 0.758. The number of rotatable bonds is 4. The van der Waals surface area contributed by atoms with Gasteiger partial charge in [0.2, 0.25) is 0 Å². The summed E-state index contributed by atoms with van der Waals surface area (Å²) in [7, 11) is 0. The topological polar surface area (TPSA) is 12.0 Å². The summed E-state index contributed by atoms with van der Waals surface area (Å²) in [5.74, 6) is 3.73. The van der Waals surface area contributed by atoms with Crippen LogP contribution in [0.15, 0.2) is 0 Å². The van der Waals surface area contributed by atoms with E-state index in [0.29, 0.717) is 0 Å². The lowest BCUT2D eigenvalue weighted by atomic mass is 10.4. The van der Waals surface area contributed by atoms with Gasteiger partial charge in [0.15, 0.2) is 0 Å². The van der Waals surface area contributed by atoms with Crippen LogP contribution in [0.4, 0.5) is 0 Å². The van der Waals surface area contributed by atoms with Gasteiger partial charge in [0, 0.05) is 12.3 Å². The van der Waals surface area contributed by atoms with Gasteiger partial charge in [-0.3, -0.25) is 0 Å². The Kier molecular flexibility index (Phi) is 5.91. The van der Waals surface area contributed by atoms with Gasteiger partial charge in [-0.05, 0) is 13.2 Å². The average Bonchev–Trinajstić information content (AvgIpc) is 1.89. The van der Waals surface area contributed by atoms with Crippen molar-refractivity contribution >= 4 is 11.8 Å². The molecule has 52 valence electrons. The number of hydrogen-bond donors (Lipinski definition) is 1. The first-order valence-electron chi connectivity index (χ1n) is 2.99. The molecule has 0 aromatic carbocycles. The van der Waals surface area contributed by atoms with Crippen LogP contribution < -0.4 is 5.32 Å². The van der Waals surface area contributed by atoms with Crippen molar-refractivity contribution < 1.29 is 0 Å². The van der Waals surface area contributed by atoms with Gasteiger partial charge in [0.05, 0.1) is 6.04 Å². The summed E-state index contributed by atoms with van der Waals surface area (Å²) < 4.78 is 0. The van der Waals surface area contributed by atoms with Gasteiger partial charge in [-0.2, -0.15) is 11.8 Å². The Balaban J connectivity index is 2.99. The van der Waals surface area contributed by atoms with Gasteiger partial charge in [0.1, 0.15) is 0 Å². The van der Waals surface area contributed by atoms with E-state index >= 15 is 0 Å².